The van der Waals surface area contributed by atoms with E-state index in [0.29, 0.717) is 32.9 Å². The highest BCUT2D eigenvalue weighted by Gasteiger charge is 2.15. The monoisotopic (exact) mass is 461 g/mol. The van der Waals surface area contributed by atoms with Crippen LogP contribution in [-0.2, 0) is 16.1 Å². The van der Waals surface area contributed by atoms with Gasteiger partial charge in [0.25, 0.3) is 0 Å². The molecule has 7 nitrogen and oxygen atoms in total. The number of halogens is 1. The van der Waals surface area contributed by atoms with Crippen LogP contribution in [0.1, 0.15) is 17.3 Å². The first-order valence-corrected chi connectivity index (χ1v) is 10.7. The number of esters is 1. The van der Waals surface area contributed by atoms with Crippen LogP contribution in [0, 0.1) is 0 Å². The van der Waals surface area contributed by atoms with Crippen molar-refractivity contribution in [3.8, 4) is 11.3 Å². The third kappa shape index (κ3) is 4.94. The molecule has 0 fully saturated rings. The molecule has 0 saturated carbocycles. The van der Waals surface area contributed by atoms with Gasteiger partial charge in [-0.25, -0.2) is 9.59 Å². The smallest absolute Gasteiger partial charge is 0.349 e. The third-order valence-corrected chi connectivity index (χ3v) is 5.18. The van der Waals surface area contributed by atoms with Crippen LogP contribution < -0.4 is 11.0 Å². The Morgan fingerprint density at radius 1 is 1.03 bits per heavy atom. The summed E-state index contributed by atoms with van der Waals surface area (Å²) < 4.78 is 6.28. The summed E-state index contributed by atoms with van der Waals surface area (Å²) in [5.74, 6) is -0.919. The Balaban J connectivity index is 1.67. The van der Waals surface area contributed by atoms with Crippen LogP contribution in [0.25, 0.3) is 22.2 Å². The summed E-state index contributed by atoms with van der Waals surface area (Å²) in [5.41, 5.74) is 1.99. The van der Waals surface area contributed by atoms with Crippen LogP contribution in [0.4, 0.5) is 5.69 Å². The predicted octanol–water partition coefficient (Wildman–Crippen LogP) is 4.53. The fourth-order valence-corrected chi connectivity index (χ4v) is 3.68. The Labute approximate surface area is 194 Å². The SMILES string of the molecule is CCOC(=O)c1cccc(NC(=O)Cn2c(=O)nc(-c3ccccc3)c3cc(Cl)ccc32)c1. The first-order chi connectivity index (χ1) is 16.0. The minimum Gasteiger partial charge on any atom is -0.462 e. The molecule has 33 heavy (non-hydrogen) atoms. The molecule has 1 heterocycles. The predicted molar refractivity (Wildman–Crippen MR) is 127 cm³/mol. The van der Waals surface area contributed by atoms with Gasteiger partial charge in [-0.05, 0) is 43.3 Å². The molecule has 0 atom stereocenters. The largest absolute Gasteiger partial charge is 0.462 e. The van der Waals surface area contributed by atoms with Gasteiger partial charge in [0.05, 0.1) is 23.4 Å². The maximum atomic E-state index is 12.9. The number of fused-ring (bicyclic) bond motifs is 1. The Kier molecular flexibility index (Phi) is 6.51. The molecular formula is C25H20ClN3O4. The Hall–Kier alpha value is -3.97. The quantitative estimate of drug-likeness (QED) is 0.426. The van der Waals surface area contributed by atoms with Crippen molar-refractivity contribution in [2.75, 3.05) is 11.9 Å². The number of rotatable bonds is 6. The second-order valence-corrected chi connectivity index (χ2v) is 7.64. The number of aromatic nitrogens is 2. The van der Waals surface area contributed by atoms with Gasteiger partial charge in [0.15, 0.2) is 0 Å². The van der Waals surface area contributed by atoms with Crippen molar-refractivity contribution in [3.05, 3.63) is 93.9 Å². The Morgan fingerprint density at radius 3 is 2.58 bits per heavy atom. The summed E-state index contributed by atoms with van der Waals surface area (Å²) in [6.07, 6.45) is 0. The highest BCUT2D eigenvalue weighted by molar-refractivity contribution is 6.31. The van der Waals surface area contributed by atoms with Crippen LogP contribution in [0.5, 0.6) is 0 Å². The van der Waals surface area contributed by atoms with E-state index in [9.17, 15) is 14.4 Å². The fraction of sp³-hybridized carbons (Fsp3) is 0.120. The second-order valence-electron chi connectivity index (χ2n) is 7.21. The number of carbonyl (C=O) groups excluding carboxylic acids is 2. The number of ether oxygens (including phenoxy) is 1. The van der Waals surface area contributed by atoms with Gasteiger partial charge in [-0.1, -0.05) is 48.0 Å². The van der Waals surface area contributed by atoms with Crippen LogP contribution in [0.3, 0.4) is 0 Å². The molecule has 0 bridgehead atoms. The van der Waals surface area contributed by atoms with E-state index in [1.54, 1.807) is 43.3 Å². The zero-order chi connectivity index (χ0) is 23.4. The van der Waals surface area contributed by atoms with E-state index in [1.807, 2.05) is 30.3 Å². The van der Waals surface area contributed by atoms with E-state index in [4.69, 9.17) is 16.3 Å². The topological polar surface area (TPSA) is 90.3 Å². The molecule has 0 saturated heterocycles. The molecule has 0 aliphatic carbocycles. The molecule has 0 spiro atoms. The zero-order valence-electron chi connectivity index (χ0n) is 17.7. The average Bonchev–Trinajstić information content (AvgIpc) is 2.81. The van der Waals surface area contributed by atoms with Crippen LogP contribution in [-0.4, -0.2) is 28.0 Å². The molecule has 4 rings (SSSR count). The van der Waals surface area contributed by atoms with Crippen molar-refractivity contribution in [2.24, 2.45) is 0 Å². The molecule has 166 valence electrons. The molecule has 4 aromatic rings. The number of benzene rings is 3. The molecule has 1 aromatic heterocycles. The number of hydrogen-bond acceptors (Lipinski definition) is 5. The molecule has 3 aromatic carbocycles. The molecule has 0 aliphatic rings. The first-order valence-electron chi connectivity index (χ1n) is 10.3. The van der Waals surface area contributed by atoms with Crippen LogP contribution >= 0.6 is 11.6 Å². The van der Waals surface area contributed by atoms with E-state index in [2.05, 4.69) is 10.3 Å². The summed E-state index contributed by atoms with van der Waals surface area (Å²) in [5, 5.41) is 3.87. The molecule has 1 N–H and O–H groups in total. The van der Waals surface area contributed by atoms with Crippen molar-refractivity contribution in [1.29, 1.82) is 0 Å². The summed E-state index contributed by atoms with van der Waals surface area (Å²) in [7, 11) is 0. The van der Waals surface area contributed by atoms with E-state index in [-0.39, 0.29) is 13.2 Å². The van der Waals surface area contributed by atoms with Gasteiger partial charge in [-0.2, -0.15) is 4.98 Å². The fourth-order valence-electron chi connectivity index (χ4n) is 3.50. The maximum absolute atomic E-state index is 12.9. The molecule has 1 amide bonds. The van der Waals surface area contributed by atoms with E-state index in [1.165, 1.54) is 10.6 Å². The molecular weight excluding hydrogens is 442 g/mol. The van der Waals surface area contributed by atoms with Gasteiger partial charge in [0, 0.05) is 21.7 Å². The number of amides is 1. The lowest BCUT2D eigenvalue weighted by Crippen LogP contribution is -2.30. The zero-order valence-corrected chi connectivity index (χ0v) is 18.5. The lowest BCUT2D eigenvalue weighted by Gasteiger charge is -2.13. The van der Waals surface area contributed by atoms with E-state index < -0.39 is 17.6 Å². The number of nitrogens with one attached hydrogen (secondary N) is 1. The van der Waals surface area contributed by atoms with Gasteiger partial charge in [-0.3, -0.25) is 9.36 Å². The normalized spacial score (nSPS) is 10.7. The Bertz CT molecular complexity index is 1400. The maximum Gasteiger partial charge on any atom is 0.349 e. The standard InChI is InChI=1S/C25H20ClN3O4/c1-2-33-24(31)17-9-6-10-19(13-17)27-22(30)15-29-21-12-11-18(26)14-20(21)23(28-25(29)32)16-7-4-3-5-8-16/h3-14H,2,15H2,1H3,(H,27,30). The van der Waals surface area contributed by atoms with E-state index >= 15 is 0 Å². The van der Waals surface area contributed by atoms with Crippen molar-refractivity contribution in [1.82, 2.24) is 9.55 Å². The van der Waals surface area contributed by atoms with Gasteiger partial charge >= 0.3 is 11.7 Å². The molecule has 8 heteroatoms. The number of anilines is 1. The number of hydrogen-bond donors (Lipinski definition) is 1. The van der Waals surface area contributed by atoms with Gasteiger partial charge < -0.3 is 10.1 Å². The van der Waals surface area contributed by atoms with E-state index in [0.717, 1.165) is 5.56 Å². The van der Waals surface area contributed by atoms with Crippen molar-refractivity contribution >= 4 is 40.1 Å². The van der Waals surface area contributed by atoms with Crippen LogP contribution in [0.2, 0.25) is 5.02 Å². The van der Waals surface area contributed by atoms with Crippen molar-refractivity contribution in [2.45, 2.75) is 13.5 Å². The van der Waals surface area contributed by atoms with Crippen molar-refractivity contribution in [3.63, 3.8) is 0 Å². The summed E-state index contributed by atoms with van der Waals surface area (Å²) in [6, 6.07) is 20.8. The number of nitrogens with zero attached hydrogens (tertiary/aromatic N) is 2. The van der Waals surface area contributed by atoms with Crippen LogP contribution in [0.15, 0.2) is 77.6 Å². The second kappa shape index (κ2) is 9.67. The first kappa shape index (κ1) is 22.2. The average molecular weight is 462 g/mol. The highest BCUT2D eigenvalue weighted by Crippen LogP contribution is 2.27. The Morgan fingerprint density at radius 2 is 1.82 bits per heavy atom. The minimum atomic E-state index is -0.556. The summed E-state index contributed by atoms with van der Waals surface area (Å²) in [4.78, 5) is 41.8. The van der Waals surface area contributed by atoms with Gasteiger partial charge in [0.2, 0.25) is 5.91 Å². The third-order valence-electron chi connectivity index (χ3n) is 4.95. The summed E-state index contributed by atoms with van der Waals surface area (Å²) in [6.45, 7) is 1.71. The minimum absolute atomic E-state index is 0.251. The lowest BCUT2D eigenvalue weighted by molar-refractivity contribution is -0.116. The van der Waals surface area contributed by atoms with Gasteiger partial charge in [-0.15, -0.1) is 0 Å². The highest BCUT2D eigenvalue weighted by atomic mass is 35.5. The number of carbonyl (C=O) groups is 2. The van der Waals surface area contributed by atoms with Crippen molar-refractivity contribution < 1.29 is 14.3 Å². The molecule has 0 radical (unpaired) electrons. The lowest BCUT2D eigenvalue weighted by atomic mass is 10.1. The summed E-state index contributed by atoms with van der Waals surface area (Å²) >= 11 is 6.21. The van der Waals surface area contributed by atoms with Gasteiger partial charge in [0.1, 0.15) is 6.54 Å². The molecule has 0 unspecified atom stereocenters. The molecule has 0 aliphatic heterocycles.